The summed E-state index contributed by atoms with van der Waals surface area (Å²) in [5.74, 6) is 0. The summed E-state index contributed by atoms with van der Waals surface area (Å²) >= 11 is 0. The Morgan fingerprint density at radius 2 is 1.59 bits per heavy atom. The Hall–Kier alpha value is -0.618. The fourth-order valence-corrected chi connectivity index (χ4v) is 2.17. The highest BCUT2D eigenvalue weighted by Crippen LogP contribution is 2.38. The van der Waals surface area contributed by atoms with E-state index in [4.69, 9.17) is 10.0 Å². The van der Waals surface area contributed by atoms with Crippen molar-refractivity contribution in [3.8, 4) is 0 Å². The molecule has 0 spiro atoms. The quantitative estimate of drug-likeness (QED) is 0.697. The fraction of sp³-hybridized carbons (Fsp3) is 0.500. The van der Waals surface area contributed by atoms with Gasteiger partial charge in [0, 0.05) is 0 Å². The predicted molar refractivity (Wildman–Crippen MR) is 73.7 cm³/mol. The molecule has 0 radical (unpaired) electrons. The largest absolute Gasteiger partial charge is 0.488 e. The summed E-state index contributed by atoms with van der Waals surface area (Å²) < 4.78 is 0. The van der Waals surface area contributed by atoms with E-state index in [0.717, 1.165) is 12.0 Å². The van der Waals surface area contributed by atoms with Gasteiger partial charge in [-0.05, 0) is 35.6 Å². The van der Waals surface area contributed by atoms with Crippen molar-refractivity contribution in [3.05, 3.63) is 29.8 Å². The summed E-state index contributed by atoms with van der Waals surface area (Å²) in [5.41, 5.74) is 1.60. The lowest BCUT2D eigenvalue weighted by Crippen LogP contribution is -2.40. The summed E-state index contributed by atoms with van der Waals surface area (Å²) in [4.78, 5) is 10.2. The molecule has 94 valence electrons. The first kappa shape index (κ1) is 14.4. The van der Waals surface area contributed by atoms with E-state index >= 15 is 0 Å². The van der Waals surface area contributed by atoms with Crippen molar-refractivity contribution in [3.63, 3.8) is 0 Å². The van der Waals surface area contributed by atoms with Gasteiger partial charge in [-0.15, -0.1) is 0 Å². The van der Waals surface area contributed by atoms with E-state index in [1.807, 2.05) is 25.2 Å². The zero-order chi connectivity index (χ0) is 13.3. The van der Waals surface area contributed by atoms with Crippen molar-refractivity contribution >= 4 is 20.9 Å². The molecule has 1 aromatic rings. The molecule has 0 atom stereocenters. The van der Waals surface area contributed by atoms with Gasteiger partial charge in [-0.3, -0.25) is 0 Å². The lowest BCUT2D eigenvalue weighted by Gasteiger charge is -2.35. The van der Waals surface area contributed by atoms with Crippen LogP contribution in [0.15, 0.2) is 24.3 Å². The monoisotopic (exact) mass is 252 g/mol. The molecule has 0 unspecified atom stereocenters. The Morgan fingerprint density at radius 3 is 1.94 bits per heavy atom. The fourth-order valence-electron chi connectivity index (χ4n) is 1.53. The van der Waals surface area contributed by atoms with E-state index in [0.29, 0.717) is 5.46 Å². The smallest absolute Gasteiger partial charge is 0.432 e. The van der Waals surface area contributed by atoms with Crippen molar-refractivity contribution in [1.29, 1.82) is 0 Å². The average molecular weight is 252 g/mol. The summed E-state index contributed by atoms with van der Waals surface area (Å²) in [7, 11) is -3.62. The first-order chi connectivity index (χ1) is 7.63. The van der Waals surface area contributed by atoms with Gasteiger partial charge < -0.3 is 14.8 Å². The first-order valence-corrected chi connectivity index (χ1v) is 8.75. The van der Waals surface area contributed by atoms with Gasteiger partial charge in [-0.25, -0.2) is 0 Å². The Morgan fingerprint density at radius 1 is 1.12 bits per heavy atom. The van der Waals surface area contributed by atoms with Crippen LogP contribution in [0.5, 0.6) is 0 Å². The molecule has 0 aliphatic heterocycles. The second kappa shape index (κ2) is 4.94. The highest BCUT2D eigenvalue weighted by atomic mass is 28.4. The molecule has 0 heterocycles. The van der Waals surface area contributed by atoms with Crippen LogP contribution in [0.2, 0.25) is 18.1 Å². The van der Waals surface area contributed by atoms with Crippen molar-refractivity contribution in [1.82, 2.24) is 0 Å². The maximum Gasteiger partial charge on any atom is 0.488 e. The highest BCUT2D eigenvalue weighted by Gasteiger charge is 2.37. The topological polar surface area (TPSA) is 60.7 Å². The van der Waals surface area contributed by atoms with Crippen LogP contribution in [0, 0.1) is 0 Å². The molecular formula is C12H21BO3Si. The van der Waals surface area contributed by atoms with E-state index in [9.17, 15) is 4.80 Å². The summed E-state index contributed by atoms with van der Waals surface area (Å²) in [6, 6.07) is 7.19. The first-order valence-electron chi connectivity index (χ1n) is 5.81. The minimum absolute atomic E-state index is 0.105. The molecule has 3 N–H and O–H groups in total. The van der Waals surface area contributed by atoms with Crippen LogP contribution in [-0.2, 0) is 6.42 Å². The molecule has 1 aromatic carbocycles. The van der Waals surface area contributed by atoms with Gasteiger partial charge in [0.2, 0.25) is 0 Å². The Balaban J connectivity index is 2.83. The Bertz CT molecular complexity index is 368. The third-order valence-corrected chi connectivity index (χ3v) is 7.07. The van der Waals surface area contributed by atoms with Crippen LogP contribution in [0.3, 0.4) is 0 Å². The summed E-state index contributed by atoms with van der Waals surface area (Å²) in [6.07, 6.45) is 0.796. The van der Waals surface area contributed by atoms with Crippen LogP contribution < -0.4 is 5.46 Å². The lowest BCUT2D eigenvalue weighted by atomic mass is 9.80. The number of rotatable bonds is 4. The van der Waals surface area contributed by atoms with Crippen LogP contribution in [0.1, 0.15) is 19.4 Å². The van der Waals surface area contributed by atoms with E-state index in [-0.39, 0.29) is 5.04 Å². The molecule has 0 aliphatic rings. The molecular weight excluding hydrogens is 231 g/mol. The Labute approximate surface area is 104 Å². The van der Waals surface area contributed by atoms with Crippen molar-refractivity contribution in [2.75, 3.05) is 0 Å². The third-order valence-electron chi connectivity index (χ3n) is 3.58. The molecule has 0 aliphatic carbocycles. The predicted octanol–water partition coefficient (Wildman–Crippen LogP) is 0.887. The minimum Gasteiger partial charge on any atom is -0.432 e. The Kier molecular flexibility index (Phi) is 4.20. The second-order valence-corrected chi connectivity index (χ2v) is 10.2. The second-order valence-electron chi connectivity index (χ2n) is 5.73. The van der Waals surface area contributed by atoms with Gasteiger partial charge in [-0.2, -0.15) is 0 Å². The van der Waals surface area contributed by atoms with Crippen molar-refractivity contribution in [2.24, 2.45) is 0 Å². The molecule has 17 heavy (non-hydrogen) atoms. The summed E-state index contributed by atoms with van der Waals surface area (Å²) in [5, 5.41) is 17.9. The number of hydrogen-bond acceptors (Lipinski definition) is 3. The molecule has 0 fully saturated rings. The van der Waals surface area contributed by atoms with E-state index in [1.165, 1.54) is 0 Å². The zero-order valence-electron chi connectivity index (χ0n) is 10.9. The van der Waals surface area contributed by atoms with Crippen LogP contribution in [0.4, 0.5) is 0 Å². The molecule has 5 heteroatoms. The molecule has 0 saturated carbocycles. The normalized spacial score (nSPS) is 12.6. The van der Waals surface area contributed by atoms with Crippen LogP contribution in [0.25, 0.3) is 0 Å². The van der Waals surface area contributed by atoms with Crippen molar-refractivity contribution < 1.29 is 14.8 Å². The third kappa shape index (κ3) is 3.67. The minimum atomic E-state index is -2.20. The van der Waals surface area contributed by atoms with Crippen LogP contribution >= 0.6 is 0 Å². The number of benzene rings is 1. The van der Waals surface area contributed by atoms with E-state index in [1.54, 1.807) is 12.1 Å². The van der Waals surface area contributed by atoms with E-state index < -0.39 is 15.4 Å². The number of hydrogen-bond donors (Lipinski definition) is 3. The molecule has 1 rings (SSSR count). The standard InChI is InChI=1S/C12H21BO3Si/c1-12(2,17(3,4)16)9-10-5-7-11(8-6-10)13(14)15/h5-8,14-16H,9H2,1-4H3. The molecule has 0 saturated heterocycles. The van der Waals surface area contributed by atoms with Gasteiger partial charge in [-0.1, -0.05) is 38.1 Å². The maximum atomic E-state index is 10.2. The van der Waals surface area contributed by atoms with Gasteiger partial charge in [0.25, 0.3) is 0 Å². The van der Waals surface area contributed by atoms with Gasteiger partial charge >= 0.3 is 7.12 Å². The molecule has 0 aromatic heterocycles. The molecule has 0 amide bonds. The molecule has 3 nitrogen and oxygen atoms in total. The van der Waals surface area contributed by atoms with E-state index in [2.05, 4.69) is 13.8 Å². The SMILES string of the molecule is CC(C)(Cc1ccc(B(O)O)cc1)[Si](C)(C)O. The van der Waals surface area contributed by atoms with Gasteiger partial charge in [0.05, 0.1) is 0 Å². The van der Waals surface area contributed by atoms with Gasteiger partial charge in [0.15, 0.2) is 8.32 Å². The maximum absolute atomic E-state index is 10.2. The summed E-state index contributed by atoms with van der Waals surface area (Å²) in [6.45, 7) is 8.04. The average Bonchev–Trinajstić information content (AvgIpc) is 2.16. The highest BCUT2D eigenvalue weighted by molar-refractivity contribution is 6.72. The molecule has 0 bridgehead atoms. The van der Waals surface area contributed by atoms with Crippen molar-refractivity contribution in [2.45, 2.75) is 38.4 Å². The zero-order valence-corrected chi connectivity index (χ0v) is 11.9. The lowest BCUT2D eigenvalue weighted by molar-refractivity contribution is 0.425. The van der Waals surface area contributed by atoms with Crippen LogP contribution in [-0.4, -0.2) is 30.3 Å². The van der Waals surface area contributed by atoms with Gasteiger partial charge in [0.1, 0.15) is 0 Å².